The van der Waals surface area contributed by atoms with E-state index in [4.69, 9.17) is 0 Å². The number of benzene rings is 1. The maximum Gasteiger partial charge on any atom is 0.214 e. The molecule has 2 atom stereocenters. The summed E-state index contributed by atoms with van der Waals surface area (Å²) in [6.45, 7) is 1.64. The minimum Gasteiger partial charge on any atom is -0.392 e. The number of hydrogen-bond acceptors (Lipinski definition) is 3. The molecule has 0 aromatic heterocycles. The number of aliphatic hydroxyl groups is 1. The Bertz CT molecular complexity index is 557. The number of nitrogens with one attached hydrogen (secondary N) is 1. The van der Waals surface area contributed by atoms with Crippen LogP contribution in [0, 0.1) is 0 Å². The SMILES string of the molecule is C[C@H](O)CNS(=O)(=O)C1CCc2cc(Br)ccc2C1. The number of fused-ring (bicyclic) bond motifs is 1. The molecule has 1 aliphatic carbocycles. The minimum absolute atomic E-state index is 0.0754. The molecule has 0 saturated carbocycles. The normalized spacial score (nSPS) is 20.9. The number of sulfonamides is 1. The summed E-state index contributed by atoms with van der Waals surface area (Å²) in [6.07, 6.45) is 1.27. The van der Waals surface area contributed by atoms with Crippen molar-refractivity contribution in [3.05, 3.63) is 33.8 Å². The van der Waals surface area contributed by atoms with Gasteiger partial charge >= 0.3 is 0 Å². The van der Waals surface area contributed by atoms with Crippen LogP contribution in [-0.2, 0) is 22.9 Å². The van der Waals surface area contributed by atoms with Crippen molar-refractivity contribution < 1.29 is 13.5 Å². The fourth-order valence-electron chi connectivity index (χ4n) is 2.31. The summed E-state index contributed by atoms with van der Waals surface area (Å²) < 4.78 is 27.8. The number of aryl methyl sites for hydroxylation is 1. The Kier molecular flexibility index (Phi) is 4.66. The third kappa shape index (κ3) is 3.78. The summed E-state index contributed by atoms with van der Waals surface area (Å²) in [5.41, 5.74) is 2.32. The van der Waals surface area contributed by atoms with Crippen LogP contribution < -0.4 is 4.72 Å². The molecule has 0 aliphatic heterocycles. The molecule has 0 amide bonds. The Morgan fingerprint density at radius 3 is 2.89 bits per heavy atom. The van der Waals surface area contributed by atoms with E-state index >= 15 is 0 Å². The van der Waals surface area contributed by atoms with E-state index in [9.17, 15) is 13.5 Å². The van der Waals surface area contributed by atoms with E-state index in [0.29, 0.717) is 12.8 Å². The molecule has 19 heavy (non-hydrogen) atoms. The quantitative estimate of drug-likeness (QED) is 0.869. The second kappa shape index (κ2) is 5.91. The fraction of sp³-hybridized carbons (Fsp3) is 0.538. The van der Waals surface area contributed by atoms with Crippen molar-refractivity contribution >= 4 is 26.0 Å². The largest absolute Gasteiger partial charge is 0.392 e. The van der Waals surface area contributed by atoms with Gasteiger partial charge in [0, 0.05) is 11.0 Å². The van der Waals surface area contributed by atoms with Gasteiger partial charge in [-0.1, -0.05) is 22.0 Å². The molecule has 2 N–H and O–H groups in total. The summed E-state index contributed by atoms with van der Waals surface area (Å²) in [4.78, 5) is 0. The molecule has 0 heterocycles. The molecule has 1 aromatic carbocycles. The van der Waals surface area contributed by atoms with Gasteiger partial charge in [-0.05, 0) is 49.4 Å². The van der Waals surface area contributed by atoms with Crippen molar-refractivity contribution in [2.45, 2.75) is 37.5 Å². The van der Waals surface area contributed by atoms with E-state index in [1.54, 1.807) is 6.92 Å². The number of hydrogen-bond donors (Lipinski definition) is 2. The van der Waals surface area contributed by atoms with Crippen molar-refractivity contribution in [3.63, 3.8) is 0 Å². The van der Waals surface area contributed by atoms with Crippen molar-refractivity contribution in [2.75, 3.05) is 6.54 Å². The van der Waals surface area contributed by atoms with Gasteiger partial charge in [-0.15, -0.1) is 0 Å². The number of halogens is 1. The monoisotopic (exact) mass is 347 g/mol. The molecule has 4 nitrogen and oxygen atoms in total. The van der Waals surface area contributed by atoms with Gasteiger partial charge in [-0.2, -0.15) is 0 Å². The first-order valence-corrected chi connectivity index (χ1v) is 8.66. The molecule has 0 bridgehead atoms. The van der Waals surface area contributed by atoms with Gasteiger partial charge < -0.3 is 5.11 Å². The summed E-state index contributed by atoms with van der Waals surface area (Å²) in [5.74, 6) is 0. The lowest BCUT2D eigenvalue weighted by Crippen LogP contribution is -2.40. The molecule has 6 heteroatoms. The van der Waals surface area contributed by atoms with Crippen LogP contribution in [0.25, 0.3) is 0 Å². The Morgan fingerprint density at radius 1 is 1.47 bits per heavy atom. The molecule has 0 spiro atoms. The summed E-state index contributed by atoms with van der Waals surface area (Å²) >= 11 is 3.43. The molecule has 106 valence electrons. The van der Waals surface area contributed by atoms with Gasteiger partial charge in [-0.3, -0.25) is 0 Å². The maximum absolute atomic E-state index is 12.1. The van der Waals surface area contributed by atoms with Gasteiger partial charge in [0.05, 0.1) is 11.4 Å². The molecular formula is C13H18BrNO3S. The van der Waals surface area contributed by atoms with E-state index < -0.39 is 21.4 Å². The predicted octanol–water partition coefficient (Wildman–Crippen LogP) is 1.61. The molecule has 0 saturated heterocycles. The first-order chi connectivity index (χ1) is 8.88. The highest BCUT2D eigenvalue weighted by atomic mass is 79.9. The van der Waals surface area contributed by atoms with Crippen molar-refractivity contribution in [2.24, 2.45) is 0 Å². The number of rotatable bonds is 4. The van der Waals surface area contributed by atoms with Crippen LogP contribution in [0.15, 0.2) is 22.7 Å². The standard InChI is InChI=1S/C13H18BrNO3S/c1-9(16)8-15-19(17,18)13-5-3-10-6-12(14)4-2-11(10)7-13/h2,4,6,9,13,15-16H,3,5,7-8H2,1H3/t9-,13?/m0/s1. The molecule has 1 unspecified atom stereocenters. The van der Waals surface area contributed by atoms with E-state index in [1.165, 1.54) is 5.56 Å². The summed E-state index contributed by atoms with van der Waals surface area (Å²) in [6, 6.07) is 5.98. The highest BCUT2D eigenvalue weighted by Gasteiger charge is 2.29. The Balaban J connectivity index is 2.11. The highest BCUT2D eigenvalue weighted by molar-refractivity contribution is 9.10. The van der Waals surface area contributed by atoms with Crippen LogP contribution in [0.1, 0.15) is 24.5 Å². The first-order valence-electron chi connectivity index (χ1n) is 6.32. The van der Waals surface area contributed by atoms with Crippen molar-refractivity contribution in [1.29, 1.82) is 0 Å². The third-order valence-electron chi connectivity index (χ3n) is 3.37. The zero-order chi connectivity index (χ0) is 14.0. The Morgan fingerprint density at radius 2 is 2.21 bits per heavy atom. The molecule has 1 aliphatic rings. The van der Waals surface area contributed by atoms with Gasteiger partial charge in [0.1, 0.15) is 0 Å². The van der Waals surface area contributed by atoms with Gasteiger partial charge in [0.25, 0.3) is 0 Å². The zero-order valence-corrected chi connectivity index (χ0v) is 13.2. The first kappa shape index (κ1) is 15.0. The van der Waals surface area contributed by atoms with E-state index in [2.05, 4.69) is 26.7 Å². The topological polar surface area (TPSA) is 66.4 Å². The van der Waals surface area contributed by atoms with Crippen LogP contribution in [0.2, 0.25) is 0 Å². The average Bonchev–Trinajstić information content (AvgIpc) is 2.36. The van der Waals surface area contributed by atoms with Crippen molar-refractivity contribution in [1.82, 2.24) is 4.72 Å². The summed E-state index contributed by atoms with van der Waals surface area (Å²) in [7, 11) is -3.35. The average molecular weight is 348 g/mol. The van der Waals surface area contributed by atoms with Crippen LogP contribution in [0.3, 0.4) is 0 Å². The lowest BCUT2D eigenvalue weighted by atomic mass is 9.91. The van der Waals surface area contributed by atoms with Crippen LogP contribution in [0.5, 0.6) is 0 Å². The third-order valence-corrected chi connectivity index (χ3v) is 5.71. The lowest BCUT2D eigenvalue weighted by Gasteiger charge is -2.25. The van der Waals surface area contributed by atoms with E-state index in [-0.39, 0.29) is 6.54 Å². The Labute approximate surface area is 122 Å². The molecule has 1 aromatic rings. The minimum atomic E-state index is -3.35. The molecule has 2 rings (SSSR count). The van der Waals surface area contributed by atoms with Crippen LogP contribution in [-0.4, -0.2) is 31.4 Å². The number of aliphatic hydroxyl groups excluding tert-OH is 1. The second-order valence-corrected chi connectivity index (χ2v) is 7.98. The van der Waals surface area contributed by atoms with E-state index in [0.717, 1.165) is 16.5 Å². The zero-order valence-electron chi connectivity index (χ0n) is 10.8. The van der Waals surface area contributed by atoms with E-state index in [1.807, 2.05) is 12.1 Å². The maximum atomic E-state index is 12.1. The predicted molar refractivity (Wildman–Crippen MR) is 78.6 cm³/mol. The Hall–Kier alpha value is -0.430. The molecule has 0 fully saturated rings. The fourth-order valence-corrected chi connectivity index (χ4v) is 4.25. The van der Waals surface area contributed by atoms with Crippen LogP contribution in [0.4, 0.5) is 0 Å². The van der Waals surface area contributed by atoms with Crippen LogP contribution >= 0.6 is 15.9 Å². The van der Waals surface area contributed by atoms with Crippen molar-refractivity contribution in [3.8, 4) is 0 Å². The summed E-state index contributed by atoms with van der Waals surface area (Å²) in [5, 5.41) is 8.77. The smallest absolute Gasteiger partial charge is 0.214 e. The molecular weight excluding hydrogens is 330 g/mol. The lowest BCUT2D eigenvalue weighted by molar-refractivity contribution is 0.198. The second-order valence-electron chi connectivity index (χ2n) is 5.02. The van der Waals surface area contributed by atoms with Gasteiger partial charge in [-0.25, -0.2) is 13.1 Å². The van der Waals surface area contributed by atoms with Gasteiger partial charge in [0.2, 0.25) is 10.0 Å². The molecule has 0 radical (unpaired) electrons. The van der Waals surface area contributed by atoms with Gasteiger partial charge in [0.15, 0.2) is 0 Å². The highest BCUT2D eigenvalue weighted by Crippen LogP contribution is 2.27.